The van der Waals surface area contributed by atoms with Gasteiger partial charge in [-0.2, -0.15) is 4.68 Å². The molecule has 1 aromatic carbocycles. The maximum Gasteiger partial charge on any atom is 0.437 e. The van der Waals surface area contributed by atoms with E-state index in [2.05, 4.69) is 5.10 Å². The molecule has 0 aliphatic heterocycles. The van der Waals surface area contributed by atoms with Crippen molar-refractivity contribution >= 4 is 5.97 Å². The molecule has 6 heteroatoms. The fraction of sp³-hybridized carbons (Fsp3) is 0.100. The van der Waals surface area contributed by atoms with Gasteiger partial charge in [0.15, 0.2) is 0 Å². The minimum absolute atomic E-state index is 0.107. The first-order valence-corrected chi connectivity index (χ1v) is 4.46. The van der Waals surface area contributed by atoms with Gasteiger partial charge in [-0.05, 0) is 18.2 Å². The average Bonchev–Trinajstić information content (AvgIpc) is 2.59. The second kappa shape index (κ2) is 3.65. The van der Waals surface area contributed by atoms with Gasteiger partial charge in [-0.3, -0.25) is 0 Å². The number of nitrogens with zero attached hydrogens (tertiary/aromatic N) is 2. The van der Waals surface area contributed by atoms with Crippen LogP contribution in [0.2, 0.25) is 0 Å². The number of aromatic nitrogens is 2. The molecule has 2 rings (SSSR count). The fourth-order valence-corrected chi connectivity index (χ4v) is 1.25. The molecular weight excluding hydrogens is 212 g/mol. The van der Waals surface area contributed by atoms with Crippen LogP contribution >= 0.6 is 0 Å². The van der Waals surface area contributed by atoms with Crippen LogP contribution in [0, 0.1) is 0 Å². The molecule has 2 aromatic rings. The van der Waals surface area contributed by atoms with E-state index in [-0.39, 0.29) is 11.5 Å². The first kappa shape index (κ1) is 10.2. The van der Waals surface area contributed by atoms with Crippen molar-refractivity contribution in [2.75, 3.05) is 0 Å². The lowest BCUT2D eigenvalue weighted by molar-refractivity contribution is 0.0697. The van der Waals surface area contributed by atoms with Crippen LogP contribution in [0.3, 0.4) is 0 Å². The van der Waals surface area contributed by atoms with Crippen molar-refractivity contribution in [1.82, 2.24) is 9.78 Å². The maximum atomic E-state index is 11.0. The molecule has 0 unspecified atom stereocenters. The highest BCUT2D eigenvalue weighted by Gasteiger charge is 2.10. The number of hydrogen-bond acceptors (Lipinski definition) is 4. The largest absolute Gasteiger partial charge is 0.478 e. The van der Waals surface area contributed by atoms with E-state index in [1.54, 1.807) is 12.1 Å². The first-order chi connectivity index (χ1) is 7.58. The monoisotopic (exact) mass is 220 g/mol. The summed E-state index contributed by atoms with van der Waals surface area (Å²) in [6.07, 6.45) is 0. The third-order valence-corrected chi connectivity index (χ3v) is 2.05. The van der Waals surface area contributed by atoms with E-state index >= 15 is 0 Å². The number of aryl methyl sites for hydroxylation is 1. The zero-order chi connectivity index (χ0) is 11.7. The molecule has 0 atom stereocenters. The summed E-state index contributed by atoms with van der Waals surface area (Å²) in [6.45, 7) is 0. The predicted octanol–water partition coefficient (Wildman–Crippen LogP) is 0.738. The van der Waals surface area contributed by atoms with Crippen LogP contribution in [-0.4, -0.2) is 20.9 Å². The molecule has 0 fully saturated rings. The zero-order valence-corrected chi connectivity index (χ0v) is 8.38. The Kier molecular flexibility index (Phi) is 2.32. The van der Waals surface area contributed by atoms with Gasteiger partial charge in [0.1, 0.15) is 0 Å². The van der Waals surface area contributed by atoms with Crippen LogP contribution in [0.4, 0.5) is 0 Å². The third-order valence-electron chi connectivity index (χ3n) is 2.05. The summed E-state index contributed by atoms with van der Waals surface area (Å²) in [5, 5.41) is 12.6. The molecule has 1 aromatic heterocycles. The van der Waals surface area contributed by atoms with Crippen molar-refractivity contribution in [1.29, 1.82) is 0 Å². The molecule has 1 heterocycles. The summed E-state index contributed by atoms with van der Waals surface area (Å²) < 4.78 is 5.88. The SMILES string of the molecule is Cn1nc(-c2cccc(C(=O)O)c2)oc1=O. The Labute approximate surface area is 89.7 Å². The van der Waals surface area contributed by atoms with Gasteiger partial charge >= 0.3 is 11.7 Å². The molecule has 0 aliphatic rings. The molecular formula is C10H8N2O4. The molecule has 0 saturated heterocycles. The molecule has 82 valence electrons. The van der Waals surface area contributed by atoms with Crippen molar-refractivity contribution in [2.45, 2.75) is 0 Å². The molecule has 0 bridgehead atoms. The summed E-state index contributed by atoms with van der Waals surface area (Å²) in [5.41, 5.74) is 0.573. The molecule has 6 nitrogen and oxygen atoms in total. The summed E-state index contributed by atoms with van der Waals surface area (Å²) in [6, 6.07) is 6.03. The van der Waals surface area contributed by atoms with Crippen LogP contribution in [0.25, 0.3) is 11.5 Å². The second-order valence-electron chi connectivity index (χ2n) is 3.18. The number of carboxylic acids is 1. The number of carbonyl (C=O) groups is 1. The number of rotatable bonds is 2. The van der Waals surface area contributed by atoms with Crippen LogP contribution < -0.4 is 5.76 Å². The highest BCUT2D eigenvalue weighted by atomic mass is 16.4. The Bertz CT molecular complexity index is 597. The minimum atomic E-state index is -1.04. The Hall–Kier alpha value is -2.37. The van der Waals surface area contributed by atoms with Gasteiger partial charge in [0, 0.05) is 12.6 Å². The van der Waals surface area contributed by atoms with Crippen LogP contribution in [0.1, 0.15) is 10.4 Å². The first-order valence-electron chi connectivity index (χ1n) is 4.46. The van der Waals surface area contributed by atoms with Gasteiger partial charge in [0.05, 0.1) is 5.56 Å². The number of benzene rings is 1. The van der Waals surface area contributed by atoms with Gasteiger partial charge in [-0.1, -0.05) is 6.07 Å². The summed E-state index contributed by atoms with van der Waals surface area (Å²) in [5.74, 6) is -1.52. The Morgan fingerprint density at radius 1 is 1.50 bits per heavy atom. The molecule has 0 spiro atoms. The standard InChI is InChI=1S/C10H8N2O4/c1-12-10(15)16-8(11-12)6-3-2-4-7(5-6)9(13)14/h2-5H,1H3,(H,13,14). The lowest BCUT2D eigenvalue weighted by Crippen LogP contribution is -2.09. The number of hydrogen-bond donors (Lipinski definition) is 1. The number of aromatic carboxylic acids is 1. The van der Waals surface area contributed by atoms with Crippen LogP contribution in [0.5, 0.6) is 0 Å². The molecule has 16 heavy (non-hydrogen) atoms. The van der Waals surface area contributed by atoms with Crippen molar-refractivity contribution in [2.24, 2.45) is 7.05 Å². The maximum absolute atomic E-state index is 11.0. The van der Waals surface area contributed by atoms with E-state index < -0.39 is 11.7 Å². The summed E-state index contributed by atoms with van der Waals surface area (Å²) in [4.78, 5) is 21.8. The lowest BCUT2D eigenvalue weighted by atomic mass is 10.1. The van der Waals surface area contributed by atoms with E-state index in [1.807, 2.05) is 0 Å². The van der Waals surface area contributed by atoms with E-state index in [1.165, 1.54) is 19.2 Å². The fourth-order valence-electron chi connectivity index (χ4n) is 1.25. The molecule has 0 saturated carbocycles. The Morgan fingerprint density at radius 2 is 2.25 bits per heavy atom. The third kappa shape index (κ3) is 1.72. The van der Waals surface area contributed by atoms with E-state index in [0.717, 1.165) is 4.68 Å². The molecule has 0 aliphatic carbocycles. The van der Waals surface area contributed by atoms with Gasteiger partial charge in [-0.25, -0.2) is 9.59 Å². The molecule has 0 amide bonds. The van der Waals surface area contributed by atoms with Crippen molar-refractivity contribution in [3.05, 3.63) is 40.4 Å². The highest BCUT2D eigenvalue weighted by Crippen LogP contribution is 2.16. The van der Waals surface area contributed by atoms with Crippen LogP contribution in [0.15, 0.2) is 33.5 Å². The highest BCUT2D eigenvalue weighted by molar-refractivity contribution is 5.88. The van der Waals surface area contributed by atoms with Gasteiger partial charge in [0.25, 0.3) is 0 Å². The van der Waals surface area contributed by atoms with Gasteiger partial charge in [0.2, 0.25) is 5.89 Å². The Balaban J connectivity index is 2.52. The normalized spacial score (nSPS) is 10.3. The zero-order valence-electron chi connectivity index (χ0n) is 8.38. The minimum Gasteiger partial charge on any atom is -0.478 e. The smallest absolute Gasteiger partial charge is 0.437 e. The van der Waals surface area contributed by atoms with Crippen molar-refractivity contribution < 1.29 is 14.3 Å². The summed E-state index contributed by atoms with van der Waals surface area (Å²) in [7, 11) is 1.45. The molecule has 1 N–H and O–H groups in total. The van der Waals surface area contributed by atoms with Crippen LogP contribution in [-0.2, 0) is 7.05 Å². The predicted molar refractivity (Wildman–Crippen MR) is 54.1 cm³/mol. The lowest BCUT2D eigenvalue weighted by Gasteiger charge is -1.96. The summed E-state index contributed by atoms with van der Waals surface area (Å²) >= 11 is 0. The van der Waals surface area contributed by atoms with Crippen molar-refractivity contribution in [3.8, 4) is 11.5 Å². The Morgan fingerprint density at radius 3 is 2.81 bits per heavy atom. The van der Waals surface area contributed by atoms with E-state index in [4.69, 9.17) is 9.52 Å². The number of carboxylic acid groups (broad SMARTS) is 1. The quantitative estimate of drug-likeness (QED) is 0.806. The van der Waals surface area contributed by atoms with Gasteiger partial charge < -0.3 is 9.52 Å². The van der Waals surface area contributed by atoms with E-state index in [9.17, 15) is 9.59 Å². The van der Waals surface area contributed by atoms with Gasteiger partial charge in [-0.15, -0.1) is 5.10 Å². The molecule has 0 radical (unpaired) electrons. The average molecular weight is 220 g/mol. The van der Waals surface area contributed by atoms with E-state index in [0.29, 0.717) is 5.56 Å². The second-order valence-corrected chi connectivity index (χ2v) is 3.18. The topological polar surface area (TPSA) is 85.3 Å². The van der Waals surface area contributed by atoms with Crippen molar-refractivity contribution in [3.63, 3.8) is 0 Å².